The van der Waals surface area contributed by atoms with Crippen LogP contribution in [0.3, 0.4) is 0 Å². The van der Waals surface area contributed by atoms with Gasteiger partial charge in [0.15, 0.2) is 6.79 Å². The lowest BCUT2D eigenvalue weighted by Gasteiger charge is -2.32. The molecule has 2 rings (SSSR count). The van der Waals surface area contributed by atoms with Gasteiger partial charge in [0.25, 0.3) is 5.69 Å². The van der Waals surface area contributed by atoms with E-state index in [4.69, 9.17) is 18.8 Å². The quantitative estimate of drug-likeness (QED) is 0.261. The molecule has 0 unspecified atom stereocenters. The van der Waals surface area contributed by atoms with E-state index in [1.807, 2.05) is 34.6 Å². The monoisotopic (exact) mass is 337 g/mol. The summed E-state index contributed by atoms with van der Waals surface area (Å²) in [7, 11) is -0.660. The number of benzene rings is 1. The van der Waals surface area contributed by atoms with Crippen LogP contribution in [0.25, 0.3) is 0 Å². The molecule has 7 nitrogen and oxygen atoms in total. The van der Waals surface area contributed by atoms with Gasteiger partial charge in [0.05, 0.1) is 22.2 Å². The van der Waals surface area contributed by atoms with E-state index in [1.54, 1.807) is 6.92 Å². The number of hydrogen-bond acceptors (Lipinski definition) is 6. The molecule has 1 aromatic carbocycles. The van der Waals surface area contributed by atoms with Crippen LogP contribution in [-0.2, 0) is 14.0 Å². The topological polar surface area (TPSA) is 80.1 Å². The van der Waals surface area contributed by atoms with Gasteiger partial charge in [-0.3, -0.25) is 10.1 Å². The summed E-state index contributed by atoms with van der Waals surface area (Å²) in [4.78, 5) is 10.7. The third-order valence-corrected chi connectivity index (χ3v) is 4.54. The first-order valence-electron chi connectivity index (χ1n) is 7.94. The van der Waals surface area contributed by atoms with Gasteiger partial charge in [-0.2, -0.15) is 0 Å². The van der Waals surface area contributed by atoms with Crippen LogP contribution in [-0.4, -0.2) is 36.6 Å². The van der Waals surface area contributed by atoms with Crippen molar-refractivity contribution >= 4 is 18.3 Å². The average Bonchev–Trinajstić information content (AvgIpc) is 2.66. The summed E-state index contributed by atoms with van der Waals surface area (Å²) in [5.74, 6) is 0.341. The molecule has 1 fully saturated rings. The van der Waals surface area contributed by atoms with E-state index in [0.717, 1.165) is 0 Å². The predicted octanol–water partition coefficient (Wildman–Crippen LogP) is 2.58. The number of hydrogen-bond donors (Lipinski definition) is 0. The molecular formula is C16H24BNO6. The number of rotatable bonds is 6. The molecule has 0 spiro atoms. The maximum absolute atomic E-state index is 11.1. The highest BCUT2D eigenvalue weighted by Crippen LogP contribution is 2.38. The van der Waals surface area contributed by atoms with Gasteiger partial charge in [-0.15, -0.1) is 0 Å². The zero-order valence-corrected chi connectivity index (χ0v) is 15.0. The average molecular weight is 337 g/mol. The number of ether oxygens (including phenoxy) is 2. The molecule has 0 amide bonds. The number of nitro benzene ring substituents is 1. The molecule has 132 valence electrons. The molecule has 0 saturated carbocycles. The number of aryl methyl sites for hydroxylation is 1. The lowest BCUT2D eigenvalue weighted by atomic mass is 9.75. The lowest BCUT2D eigenvalue weighted by Crippen LogP contribution is -2.41. The molecule has 0 aromatic heterocycles. The summed E-state index contributed by atoms with van der Waals surface area (Å²) in [6, 6.07) is 2.88. The Balaban J connectivity index is 2.43. The smallest absolute Gasteiger partial charge is 0.468 e. The first-order valence-corrected chi connectivity index (χ1v) is 7.94. The molecular weight excluding hydrogens is 313 g/mol. The molecule has 0 radical (unpaired) electrons. The number of non-ortho nitro benzene ring substituents is 1. The van der Waals surface area contributed by atoms with Crippen LogP contribution in [0.4, 0.5) is 5.69 Å². The van der Waals surface area contributed by atoms with Crippen molar-refractivity contribution in [2.45, 2.75) is 52.7 Å². The van der Waals surface area contributed by atoms with E-state index in [1.165, 1.54) is 12.1 Å². The van der Waals surface area contributed by atoms with Crippen molar-refractivity contribution in [3.8, 4) is 5.75 Å². The Bertz CT molecular complexity index is 615. The summed E-state index contributed by atoms with van der Waals surface area (Å²) in [6.45, 7) is 11.9. The van der Waals surface area contributed by atoms with Crippen molar-refractivity contribution in [1.82, 2.24) is 0 Å². The van der Waals surface area contributed by atoms with Crippen LogP contribution in [0.2, 0.25) is 0 Å². The second-order valence-electron chi connectivity index (χ2n) is 6.77. The van der Waals surface area contributed by atoms with Gasteiger partial charge in [0.2, 0.25) is 0 Å². The van der Waals surface area contributed by atoms with Crippen LogP contribution in [0.5, 0.6) is 5.75 Å². The Morgan fingerprint density at radius 2 is 1.79 bits per heavy atom. The van der Waals surface area contributed by atoms with E-state index in [0.29, 0.717) is 23.4 Å². The van der Waals surface area contributed by atoms with Gasteiger partial charge < -0.3 is 18.8 Å². The summed E-state index contributed by atoms with van der Waals surface area (Å²) < 4.78 is 22.9. The minimum Gasteiger partial charge on any atom is -0.468 e. The van der Waals surface area contributed by atoms with E-state index < -0.39 is 23.2 Å². The Morgan fingerprint density at radius 3 is 2.29 bits per heavy atom. The van der Waals surface area contributed by atoms with E-state index in [9.17, 15) is 10.1 Å². The van der Waals surface area contributed by atoms with Gasteiger partial charge in [-0.1, -0.05) is 0 Å². The predicted molar refractivity (Wildman–Crippen MR) is 90.7 cm³/mol. The fraction of sp³-hybridized carbons (Fsp3) is 0.625. The minimum atomic E-state index is -0.660. The molecule has 1 heterocycles. The fourth-order valence-corrected chi connectivity index (χ4v) is 2.42. The van der Waals surface area contributed by atoms with Crippen LogP contribution < -0.4 is 10.2 Å². The Labute approximate surface area is 142 Å². The SMILES string of the molecule is CCOCOc1cc([N+](=O)[O-])cc(C)c1B1OC(C)(C)C(C)(C)O1. The van der Waals surface area contributed by atoms with E-state index in [2.05, 4.69) is 0 Å². The first-order chi connectivity index (χ1) is 11.1. The Morgan fingerprint density at radius 1 is 1.21 bits per heavy atom. The highest BCUT2D eigenvalue weighted by Gasteiger charge is 2.53. The Hall–Kier alpha value is -1.64. The van der Waals surface area contributed by atoms with Gasteiger partial charge in [-0.25, -0.2) is 0 Å². The van der Waals surface area contributed by atoms with Crippen molar-refractivity contribution in [2.24, 2.45) is 0 Å². The second-order valence-corrected chi connectivity index (χ2v) is 6.77. The van der Waals surface area contributed by atoms with Crippen LogP contribution in [0.1, 0.15) is 40.2 Å². The van der Waals surface area contributed by atoms with Crippen molar-refractivity contribution in [2.75, 3.05) is 13.4 Å². The summed E-state index contributed by atoms with van der Waals surface area (Å²) in [5.41, 5.74) is 0.263. The highest BCUT2D eigenvalue weighted by molar-refractivity contribution is 6.63. The molecule has 8 heteroatoms. The van der Waals surface area contributed by atoms with Crippen molar-refractivity contribution in [3.05, 3.63) is 27.8 Å². The lowest BCUT2D eigenvalue weighted by molar-refractivity contribution is -0.385. The molecule has 0 bridgehead atoms. The summed E-state index contributed by atoms with van der Waals surface area (Å²) in [5, 5.41) is 11.1. The Kier molecular flexibility index (Phi) is 5.22. The van der Waals surface area contributed by atoms with Crippen molar-refractivity contribution < 1.29 is 23.7 Å². The van der Waals surface area contributed by atoms with E-state index >= 15 is 0 Å². The highest BCUT2D eigenvalue weighted by atomic mass is 16.7. The number of nitro groups is 1. The molecule has 1 aromatic rings. The molecule has 0 aliphatic carbocycles. The maximum atomic E-state index is 11.1. The largest absolute Gasteiger partial charge is 0.498 e. The van der Waals surface area contributed by atoms with Crippen LogP contribution >= 0.6 is 0 Å². The molecule has 1 aliphatic heterocycles. The van der Waals surface area contributed by atoms with Gasteiger partial charge in [-0.05, 0) is 47.1 Å². The van der Waals surface area contributed by atoms with Crippen LogP contribution in [0.15, 0.2) is 12.1 Å². The van der Waals surface area contributed by atoms with Gasteiger partial charge in [0.1, 0.15) is 5.75 Å². The summed E-state index contributed by atoms with van der Waals surface area (Å²) in [6.07, 6.45) is 0. The normalized spacial score (nSPS) is 18.7. The van der Waals surface area contributed by atoms with Crippen LogP contribution in [0, 0.1) is 17.0 Å². The third kappa shape index (κ3) is 3.55. The number of nitrogens with zero attached hydrogens (tertiary/aromatic N) is 1. The summed E-state index contributed by atoms with van der Waals surface area (Å²) >= 11 is 0. The minimum absolute atomic E-state index is 0.00358. The maximum Gasteiger partial charge on any atom is 0.498 e. The molecule has 0 N–H and O–H groups in total. The third-order valence-electron chi connectivity index (χ3n) is 4.54. The molecule has 0 atom stereocenters. The zero-order valence-electron chi connectivity index (χ0n) is 15.0. The van der Waals surface area contributed by atoms with Crippen molar-refractivity contribution in [3.63, 3.8) is 0 Å². The fourth-order valence-electron chi connectivity index (χ4n) is 2.42. The van der Waals surface area contributed by atoms with Crippen molar-refractivity contribution in [1.29, 1.82) is 0 Å². The second kappa shape index (κ2) is 6.70. The van der Waals surface area contributed by atoms with Gasteiger partial charge >= 0.3 is 7.12 Å². The molecule has 1 aliphatic rings. The molecule has 24 heavy (non-hydrogen) atoms. The van der Waals surface area contributed by atoms with E-state index in [-0.39, 0.29) is 12.5 Å². The zero-order chi connectivity index (χ0) is 18.1. The molecule has 1 saturated heterocycles. The standard InChI is InChI=1S/C16H24BNO6/c1-7-21-10-22-13-9-12(18(19)20)8-11(2)14(13)17-23-15(3,4)16(5,6)24-17/h8-9H,7,10H2,1-6H3. The first kappa shape index (κ1) is 18.7. The van der Waals surface area contributed by atoms with Gasteiger partial charge in [0, 0.05) is 18.1 Å².